The predicted molar refractivity (Wildman–Crippen MR) is 101 cm³/mol. The highest BCUT2D eigenvalue weighted by atomic mass is 16.5. The summed E-state index contributed by atoms with van der Waals surface area (Å²) >= 11 is 0. The van der Waals surface area contributed by atoms with Crippen molar-refractivity contribution in [3.63, 3.8) is 0 Å². The summed E-state index contributed by atoms with van der Waals surface area (Å²) in [6.07, 6.45) is 2.57. The average molecular weight is 371 g/mol. The molecular weight excluding hydrogens is 346 g/mol. The number of hydrogen-bond acceptors (Lipinski definition) is 6. The first-order valence-corrected chi connectivity index (χ1v) is 9.20. The number of rotatable bonds is 8. The first-order valence-electron chi connectivity index (χ1n) is 9.20. The minimum Gasteiger partial charge on any atom is -0.490 e. The highest BCUT2D eigenvalue weighted by molar-refractivity contribution is 5.82. The molecule has 1 aromatic heterocycles. The van der Waals surface area contributed by atoms with E-state index in [2.05, 4.69) is 22.5 Å². The van der Waals surface area contributed by atoms with Crippen LogP contribution >= 0.6 is 0 Å². The van der Waals surface area contributed by atoms with E-state index in [1.165, 1.54) is 0 Å². The summed E-state index contributed by atoms with van der Waals surface area (Å²) < 4.78 is 17.0. The first kappa shape index (κ1) is 19.1. The molecule has 0 radical (unpaired) electrons. The zero-order valence-corrected chi connectivity index (χ0v) is 15.4. The van der Waals surface area contributed by atoms with E-state index in [1.54, 1.807) is 6.20 Å². The van der Waals surface area contributed by atoms with Gasteiger partial charge in [-0.3, -0.25) is 4.79 Å². The van der Waals surface area contributed by atoms with Gasteiger partial charge in [0.05, 0.1) is 19.8 Å². The number of carbonyl (C=O) groups is 1. The third-order valence-corrected chi connectivity index (χ3v) is 4.06. The van der Waals surface area contributed by atoms with Gasteiger partial charge in [-0.05, 0) is 24.6 Å². The summed E-state index contributed by atoms with van der Waals surface area (Å²) in [5.74, 6) is 1.61. The quantitative estimate of drug-likeness (QED) is 0.741. The molecule has 2 heterocycles. The van der Waals surface area contributed by atoms with Crippen LogP contribution in [0, 0.1) is 0 Å². The molecule has 1 aromatic carbocycles. The number of morpholine rings is 1. The van der Waals surface area contributed by atoms with Crippen molar-refractivity contribution in [2.24, 2.45) is 0 Å². The van der Waals surface area contributed by atoms with Crippen molar-refractivity contribution in [2.75, 3.05) is 26.4 Å². The van der Waals surface area contributed by atoms with Crippen molar-refractivity contribution in [3.05, 3.63) is 48.2 Å². The molecule has 0 saturated carbocycles. The third-order valence-electron chi connectivity index (χ3n) is 4.06. The lowest BCUT2D eigenvalue weighted by atomic mass is 10.2. The van der Waals surface area contributed by atoms with Crippen molar-refractivity contribution in [1.82, 2.24) is 15.6 Å². The van der Waals surface area contributed by atoms with Gasteiger partial charge >= 0.3 is 0 Å². The van der Waals surface area contributed by atoms with Gasteiger partial charge in [0.25, 0.3) is 0 Å². The highest BCUT2D eigenvalue weighted by Crippen LogP contribution is 2.31. The number of pyridine rings is 1. The van der Waals surface area contributed by atoms with Crippen LogP contribution in [0.3, 0.4) is 0 Å². The fraction of sp³-hybridized carbons (Fsp3) is 0.400. The summed E-state index contributed by atoms with van der Waals surface area (Å²) in [5, 5.41) is 6.05. The number of carbonyl (C=O) groups excluding carboxylic acids is 1. The van der Waals surface area contributed by atoms with Crippen LogP contribution in [0.2, 0.25) is 0 Å². The Labute approximate surface area is 159 Å². The first-order chi connectivity index (χ1) is 13.3. The minimum absolute atomic E-state index is 0.101. The van der Waals surface area contributed by atoms with Gasteiger partial charge in [0, 0.05) is 24.8 Å². The summed E-state index contributed by atoms with van der Waals surface area (Å²) in [7, 11) is 0. The van der Waals surface area contributed by atoms with E-state index >= 15 is 0 Å². The molecule has 1 saturated heterocycles. The maximum absolute atomic E-state index is 12.3. The van der Waals surface area contributed by atoms with Crippen LogP contribution in [0.5, 0.6) is 17.4 Å². The Morgan fingerprint density at radius 3 is 2.93 bits per heavy atom. The number of benzene rings is 1. The number of nitrogens with one attached hydrogen (secondary N) is 2. The molecule has 2 aromatic rings. The van der Waals surface area contributed by atoms with Crippen molar-refractivity contribution >= 4 is 5.91 Å². The van der Waals surface area contributed by atoms with Gasteiger partial charge in [0.2, 0.25) is 11.8 Å². The van der Waals surface area contributed by atoms with E-state index in [9.17, 15) is 4.79 Å². The Balaban J connectivity index is 1.66. The van der Waals surface area contributed by atoms with Crippen LogP contribution in [0.25, 0.3) is 0 Å². The van der Waals surface area contributed by atoms with Gasteiger partial charge in [-0.1, -0.05) is 25.1 Å². The van der Waals surface area contributed by atoms with Crippen LogP contribution < -0.4 is 20.1 Å². The Kier molecular flexibility index (Phi) is 7.01. The van der Waals surface area contributed by atoms with Crippen molar-refractivity contribution in [3.8, 4) is 17.4 Å². The second kappa shape index (κ2) is 9.89. The van der Waals surface area contributed by atoms with Gasteiger partial charge in [0.15, 0.2) is 11.5 Å². The summed E-state index contributed by atoms with van der Waals surface area (Å²) in [4.78, 5) is 16.6. The molecule has 0 spiro atoms. The van der Waals surface area contributed by atoms with E-state index in [0.717, 1.165) is 12.0 Å². The SMILES string of the molecule is CCCOc1ccccc1Oc1ncccc1CNC(=O)C1COCCN1. The molecule has 2 N–H and O–H groups in total. The number of hydrogen-bond donors (Lipinski definition) is 2. The lowest BCUT2D eigenvalue weighted by molar-refractivity contribution is -0.126. The lowest BCUT2D eigenvalue weighted by Gasteiger charge is -2.23. The highest BCUT2D eigenvalue weighted by Gasteiger charge is 2.21. The van der Waals surface area contributed by atoms with Gasteiger partial charge in [-0.2, -0.15) is 0 Å². The zero-order chi connectivity index (χ0) is 18.9. The summed E-state index contributed by atoms with van der Waals surface area (Å²) in [5.41, 5.74) is 0.785. The van der Waals surface area contributed by atoms with Gasteiger partial charge in [-0.15, -0.1) is 0 Å². The number of nitrogens with zero attached hydrogens (tertiary/aromatic N) is 1. The molecule has 27 heavy (non-hydrogen) atoms. The molecule has 0 aliphatic carbocycles. The molecular formula is C20H25N3O4. The molecule has 0 bridgehead atoms. The molecule has 1 aliphatic heterocycles. The second-order valence-corrected chi connectivity index (χ2v) is 6.16. The molecule has 1 amide bonds. The van der Waals surface area contributed by atoms with E-state index in [1.807, 2.05) is 36.4 Å². The van der Waals surface area contributed by atoms with Crippen LogP contribution in [0.4, 0.5) is 0 Å². The topological polar surface area (TPSA) is 81.7 Å². The maximum Gasteiger partial charge on any atom is 0.239 e. The van der Waals surface area contributed by atoms with E-state index < -0.39 is 0 Å². The van der Waals surface area contributed by atoms with Crippen LogP contribution in [-0.4, -0.2) is 43.3 Å². The maximum atomic E-state index is 12.3. The van der Waals surface area contributed by atoms with Gasteiger partial charge in [0.1, 0.15) is 6.04 Å². The standard InChI is InChI=1S/C20H25N3O4/c1-2-11-26-17-7-3-4-8-18(17)27-20-15(6-5-9-22-20)13-23-19(24)16-14-25-12-10-21-16/h3-9,16,21H,2,10-14H2,1H3,(H,23,24). The fourth-order valence-corrected chi connectivity index (χ4v) is 2.66. The molecule has 1 atom stereocenters. The van der Waals surface area contributed by atoms with E-state index in [-0.39, 0.29) is 11.9 Å². The predicted octanol–water partition coefficient (Wildman–Crippen LogP) is 2.27. The van der Waals surface area contributed by atoms with Crippen LogP contribution in [0.15, 0.2) is 42.6 Å². The van der Waals surface area contributed by atoms with Crippen molar-refractivity contribution in [1.29, 1.82) is 0 Å². The van der Waals surface area contributed by atoms with Crippen molar-refractivity contribution < 1.29 is 19.0 Å². The lowest BCUT2D eigenvalue weighted by Crippen LogP contribution is -2.51. The number of para-hydroxylation sites is 2. The van der Waals surface area contributed by atoms with Gasteiger partial charge < -0.3 is 24.8 Å². The Hall–Kier alpha value is -2.64. The van der Waals surface area contributed by atoms with Crippen LogP contribution in [-0.2, 0) is 16.1 Å². The summed E-state index contributed by atoms with van der Waals surface area (Å²) in [6, 6.07) is 10.8. The Bertz CT molecular complexity index is 748. The molecule has 1 unspecified atom stereocenters. The van der Waals surface area contributed by atoms with E-state index in [0.29, 0.717) is 50.3 Å². The van der Waals surface area contributed by atoms with Crippen molar-refractivity contribution in [2.45, 2.75) is 25.9 Å². The average Bonchev–Trinajstić information content (AvgIpc) is 2.73. The summed E-state index contributed by atoms with van der Waals surface area (Å²) in [6.45, 7) is 4.66. The monoisotopic (exact) mass is 371 g/mol. The minimum atomic E-state index is -0.331. The van der Waals surface area contributed by atoms with Crippen LogP contribution in [0.1, 0.15) is 18.9 Å². The smallest absolute Gasteiger partial charge is 0.239 e. The molecule has 1 fully saturated rings. The molecule has 7 nitrogen and oxygen atoms in total. The molecule has 7 heteroatoms. The largest absolute Gasteiger partial charge is 0.490 e. The zero-order valence-electron chi connectivity index (χ0n) is 15.4. The molecule has 144 valence electrons. The third kappa shape index (κ3) is 5.42. The number of ether oxygens (including phenoxy) is 3. The Morgan fingerprint density at radius 2 is 2.15 bits per heavy atom. The fourth-order valence-electron chi connectivity index (χ4n) is 2.66. The second-order valence-electron chi connectivity index (χ2n) is 6.16. The number of aromatic nitrogens is 1. The van der Waals surface area contributed by atoms with E-state index in [4.69, 9.17) is 14.2 Å². The number of amides is 1. The Morgan fingerprint density at radius 1 is 1.30 bits per heavy atom. The molecule has 3 rings (SSSR count). The van der Waals surface area contributed by atoms with Gasteiger partial charge in [-0.25, -0.2) is 4.98 Å². The normalized spacial score (nSPS) is 16.6. The molecule has 1 aliphatic rings.